The largest absolute Gasteiger partial charge is 0.449 e. The van der Waals surface area contributed by atoms with Crippen LogP contribution < -0.4 is 14.9 Å². The average Bonchev–Trinajstić information content (AvgIpc) is 2.83. The number of benzene rings is 3. The molecular weight excluding hydrogens is 490 g/mol. The minimum atomic E-state index is -4.01. The van der Waals surface area contributed by atoms with Crippen molar-refractivity contribution in [2.24, 2.45) is 0 Å². The highest BCUT2D eigenvalue weighted by Gasteiger charge is 2.23. The summed E-state index contributed by atoms with van der Waals surface area (Å²) in [4.78, 5) is 26.8. The van der Waals surface area contributed by atoms with E-state index in [0.717, 1.165) is 17.3 Å². The fraction of sp³-hybridized carbons (Fsp3) is 0.200. The Bertz CT molecular complexity index is 1300. The molecular formula is C25H26ClN3O5S. The van der Waals surface area contributed by atoms with Crippen LogP contribution in [0, 0.1) is 0 Å². The zero-order valence-corrected chi connectivity index (χ0v) is 21.1. The number of halogens is 1. The van der Waals surface area contributed by atoms with Gasteiger partial charge in [-0.05, 0) is 55.0 Å². The van der Waals surface area contributed by atoms with E-state index in [1.165, 1.54) is 19.1 Å². The normalized spacial score (nSPS) is 12.0. The lowest BCUT2D eigenvalue weighted by Crippen LogP contribution is -2.30. The van der Waals surface area contributed by atoms with Gasteiger partial charge >= 0.3 is 5.97 Å². The van der Waals surface area contributed by atoms with Crippen molar-refractivity contribution in [1.29, 1.82) is 0 Å². The van der Waals surface area contributed by atoms with E-state index < -0.39 is 28.0 Å². The molecule has 1 amide bonds. The van der Waals surface area contributed by atoms with E-state index in [2.05, 4.69) is 10.0 Å². The van der Waals surface area contributed by atoms with Gasteiger partial charge in [-0.2, -0.15) is 0 Å². The van der Waals surface area contributed by atoms with Gasteiger partial charge in [0.2, 0.25) is 10.0 Å². The summed E-state index contributed by atoms with van der Waals surface area (Å²) < 4.78 is 33.3. The Morgan fingerprint density at radius 2 is 1.66 bits per heavy atom. The lowest BCUT2D eigenvalue weighted by atomic mass is 10.2. The maximum absolute atomic E-state index is 12.8. The van der Waals surface area contributed by atoms with Gasteiger partial charge in [0.15, 0.2) is 6.10 Å². The molecule has 3 rings (SSSR count). The first-order valence-electron chi connectivity index (χ1n) is 10.7. The lowest BCUT2D eigenvalue weighted by molar-refractivity contribution is -0.123. The van der Waals surface area contributed by atoms with Gasteiger partial charge in [0, 0.05) is 32.0 Å². The van der Waals surface area contributed by atoms with E-state index in [4.69, 9.17) is 16.3 Å². The maximum atomic E-state index is 12.8. The SMILES string of the molecule is CC(OC(=O)c1ccc(Cl)c(S(=O)(=O)NCc2ccccc2)c1)C(=O)Nc1ccc(N(C)C)cc1. The van der Waals surface area contributed by atoms with Crippen molar-refractivity contribution in [2.45, 2.75) is 24.5 Å². The van der Waals surface area contributed by atoms with Gasteiger partial charge in [-0.3, -0.25) is 4.79 Å². The summed E-state index contributed by atoms with van der Waals surface area (Å²) in [7, 11) is -0.204. The summed E-state index contributed by atoms with van der Waals surface area (Å²) in [6.07, 6.45) is -1.12. The second-order valence-corrected chi connectivity index (χ2v) is 10.1. The first kappa shape index (κ1) is 26.2. The number of anilines is 2. The molecule has 0 radical (unpaired) electrons. The average molecular weight is 516 g/mol. The van der Waals surface area contributed by atoms with Crippen LogP contribution in [0.1, 0.15) is 22.8 Å². The molecule has 0 aliphatic rings. The Hall–Kier alpha value is -3.40. The van der Waals surface area contributed by atoms with E-state index in [9.17, 15) is 18.0 Å². The third-order valence-electron chi connectivity index (χ3n) is 5.07. The maximum Gasteiger partial charge on any atom is 0.338 e. The number of esters is 1. The molecule has 3 aromatic rings. The molecule has 0 saturated carbocycles. The number of nitrogens with zero attached hydrogens (tertiary/aromatic N) is 1. The predicted octanol–water partition coefficient (Wildman–Crippen LogP) is 4.07. The number of carbonyl (C=O) groups is 2. The first-order chi connectivity index (χ1) is 16.6. The number of hydrogen-bond donors (Lipinski definition) is 2. The van der Waals surface area contributed by atoms with E-state index in [-0.39, 0.29) is 22.0 Å². The van der Waals surface area contributed by atoms with Gasteiger partial charge in [-0.25, -0.2) is 17.9 Å². The van der Waals surface area contributed by atoms with Crippen LogP contribution in [0.2, 0.25) is 5.02 Å². The molecule has 0 heterocycles. The zero-order valence-electron chi connectivity index (χ0n) is 19.5. The smallest absolute Gasteiger partial charge is 0.338 e. The number of rotatable bonds is 9. The first-order valence-corrected chi connectivity index (χ1v) is 12.6. The summed E-state index contributed by atoms with van der Waals surface area (Å²) >= 11 is 6.11. The Labute approximate surface area is 209 Å². The van der Waals surface area contributed by atoms with Gasteiger partial charge < -0.3 is 15.0 Å². The van der Waals surface area contributed by atoms with Gasteiger partial charge in [-0.1, -0.05) is 41.9 Å². The van der Waals surface area contributed by atoms with E-state index >= 15 is 0 Å². The number of nitrogens with one attached hydrogen (secondary N) is 2. The molecule has 0 saturated heterocycles. The van der Waals surface area contributed by atoms with Crippen molar-refractivity contribution in [3.8, 4) is 0 Å². The number of ether oxygens (including phenoxy) is 1. The monoisotopic (exact) mass is 515 g/mol. The molecule has 10 heteroatoms. The number of carbonyl (C=O) groups excluding carboxylic acids is 2. The van der Waals surface area contributed by atoms with Crippen LogP contribution in [-0.4, -0.2) is 40.5 Å². The summed E-state index contributed by atoms with van der Waals surface area (Å²) in [5.41, 5.74) is 2.23. The van der Waals surface area contributed by atoms with Crippen LogP contribution in [0.4, 0.5) is 11.4 Å². The Morgan fingerprint density at radius 1 is 1.00 bits per heavy atom. The van der Waals surface area contributed by atoms with Crippen molar-refractivity contribution in [1.82, 2.24) is 4.72 Å². The zero-order chi connectivity index (χ0) is 25.6. The van der Waals surface area contributed by atoms with E-state index in [0.29, 0.717) is 5.69 Å². The van der Waals surface area contributed by atoms with Crippen molar-refractivity contribution in [2.75, 3.05) is 24.3 Å². The standard InChI is InChI=1S/C25H26ClN3O5S/c1-17(24(30)28-20-10-12-21(13-11-20)29(2)3)34-25(31)19-9-14-22(26)23(15-19)35(32,33)27-16-18-7-5-4-6-8-18/h4-15,17,27H,16H2,1-3H3,(H,28,30). The molecule has 1 atom stereocenters. The van der Waals surface area contributed by atoms with Crippen LogP contribution >= 0.6 is 11.6 Å². The van der Waals surface area contributed by atoms with Crippen LogP contribution in [0.15, 0.2) is 77.7 Å². The molecule has 3 aromatic carbocycles. The third-order valence-corrected chi connectivity index (χ3v) is 6.95. The Morgan fingerprint density at radius 3 is 2.29 bits per heavy atom. The second-order valence-electron chi connectivity index (χ2n) is 7.93. The summed E-state index contributed by atoms with van der Waals surface area (Å²) in [5.74, 6) is -1.38. The fourth-order valence-corrected chi connectivity index (χ4v) is 4.60. The molecule has 35 heavy (non-hydrogen) atoms. The Balaban J connectivity index is 1.66. The van der Waals surface area contributed by atoms with Crippen LogP contribution in [0.25, 0.3) is 0 Å². The van der Waals surface area contributed by atoms with Crippen LogP contribution in [0.5, 0.6) is 0 Å². The van der Waals surface area contributed by atoms with Crippen LogP contribution in [0.3, 0.4) is 0 Å². The molecule has 184 valence electrons. The highest BCUT2D eigenvalue weighted by Crippen LogP contribution is 2.24. The Kier molecular flexibility index (Phi) is 8.50. The van der Waals surface area contributed by atoms with Crippen LogP contribution in [-0.2, 0) is 26.1 Å². The summed E-state index contributed by atoms with van der Waals surface area (Å²) in [6.45, 7) is 1.48. The highest BCUT2D eigenvalue weighted by molar-refractivity contribution is 7.89. The van der Waals surface area contributed by atoms with Gasteiger partial charge in [0.1, 0.15) is 4.90 Å². The van der Waals surface area contributed by atoms with Crippen molar-refractivity contribution < 1.29 is 22.7 Å². The molecule has 1 unspecified atom stereocenters. The van der Waals surface area contributed by atoms with Crippen molar-refractivity contribution >= 4 is 44.9 Å². The molecule has 2 N–H and O–H groups in total. The molecule has 0 spiro atoms. The summed E-state index contributed by atoms with van der Waals surface area (Å²) in [6, 6.07) is 19.9. The van der Waals surface area contributed by atoms with Crippen molar-refractivity contribution in [3.05, 3.63) is 88.9 Å². The van der Waals surface area contributed by atoms with E-state index in [1.807, 2.05) is 37.2 Å². The quantitative estimate of drug-likeness (QED) is 0.416. The number of sulfonamides is 1. The van der Waals surface area contributed by atoms with Gasteiger partial charge in [0.05, 0.1) is 10.6 Å². The van der Waals surface area contributed by atoms with E-state index in [1.54, 1.807) is 36.4 Å². The molecule has 0 aliphatic carbocycles. The molecule has 0 bridgehead atoms. The minimum Gasteiger partial charge on any atom is -0.449 e. The van der Waals surface area contributed by atoms with Gasteiger partial charge in [-0.15, -0.1) is 0 Å². The lowest BCUT2D eigenvalue weighted by Gasteiger charge is -2.16. The second kappa shape index (κ2) is 11.4. The minimum absolute atomic E-state index is 0.0472. The predicted molar refractivity (Wildman–Crippen MR) is 136 cm³/mol. The van der Waals surface area contributed by atoms with Gasteiger partial charge in [0.25, 0.3) is 5.91 Å². The summed E-state index contributed by atoms with van der Waals surface area (Å²) in [5, 5.41) is 2.63. The topological polar surface area (TPSA) is 105 Å². The molecule has 0 fully saturated rings. The molecule has 0 aliphatic heterocycles. The fourth-order valence-electron chi connectivity index (χ4n) is 3.06. The number of amides is 1. The highest BCUT2D eigenvalue weighted by atomic mass is 35.5. The van der Waals surface area contributed by atoms with Crippen molar-refractivity contribution in [3.63, 3.8) is 0 Å². The third kappa shape index (κ3) is 7.05. The molecule has 8 nitrogen and oxygen atoms in total. The number of hydrogen-bond acceptors (Lipinski definition) is 6. The molecule has 0 aromatic heterocycles.